The number of nitrogens with zero attached hydrogens (tertiary/aromatic N) is 3. The molecule has 0 radical (unpaired) electrons. The molecule has 3 aromatic rings. The number of hydrogen-bond donors (Lipinski definition) is 0. The van der Waals surface area contributed by atoms with Crippen LogP contribution in [0.3, 0.4) is 0 Å². The number of amides is 1. The van der Waals surface area contributed by atoms with Crippen molar-refractivity contribution in [1.82, 2.24) is 9.88 Å². The molecule has 0 spiro atoms. The number of carbonyl (C=O) groups excluding carboxylic acids is 1. The van der Waals surface area contributed by atoms with E-state index in [0.29, 0.717) is 45.0 Å². The maximum atomic E-state index is 13.4. The number of likely N-dealkylation sites (N-methyl/N-ethyl adjacent to an activating group) is 1. The average Bonchev–Trinajstić information content (AvgIpc) is 3.29. The molecule has 0 unspecified atom stereocenters. The van der Waals surface area contributed by atoms with Crippen LogP contribution in [0.2, 0.25) is 5.02 Å². The highest BCUT2D eigenvalue weighted by atomic mass is 35.5. The molecule has 1 aromatic carbocycles. The van der Waals surface area contributed by atoms with E-state index in [2.05, 4.69) is 18.7 Å². The average molecular weight is 472 g/mol. The lowest BCUT2D eigenvalue weighted by Gasteiger charge is -2.24. The van der Waals surface area contributed by atoms with Gasteiger partial charge in [-0.05, 0) is 45.1 Å². The molecule has 0 N–H and O–H groups in total. The summed E-state index contributed by atoms with van der Waals surface area (Å²) in [6.45, 7) is 11.0. The van der Waals surface area contributed by atoms with E-state index in [1.807, 2.05) is 6.92 Å². The lowest BCUT2D eigenvalue weighted by molar-refractivity contribution is 0.0982. The third-order valence-corrected chi connectivity index (χ3v) is 6.49. The summed E-state index contributed by atoms with van der Waals surface area (Å²) in [5, 5.41) is 1.19. The van der Waals surface area contributed by atoms with E-state index in [-0.39, 0.29) is 18.3 Å². The fourth-order valence-corrected chi connectivity index (χ4v) is 4.56. The van der Waals surface area contributed by atoms with Gasteiger partial charge in [0.1, 0.15) is 22.8 Å². The highest BCUT2D eigenvalue weighted by Gasteiger charge is 2.26. The van der Waals surface area contributed by atoms with E-state index in [1.54, 1.807) is 37.1 Å². The normalized spacial score (nSPS) is 11.0. The van der Waals surface area contributed by atoms with Crippen molar-refractivity contribution in [3.8, 4) is 5.75 Å². The van der Waals surface area contributed by atoms with Gasteiger partial charge in [-0.2, -0.15) is 0 Å². The molecule has 3 rings (SSSR count). The fraction of sp³-hybridized carbons (Fsp3) is 0.429. The summed E-state index contributed by atoms with van der Waals surface area (Å²) in [6.07, 6.45) is 0. The number of anilines is 1. The second-order valence-electron chi connectivity index (χ2n) is 6.73. The summed E-state index contributed by atoms with van der Waals surface area (Å²) in [7, 11) is 1.60. The Hall–Kier alpha value is -1.80. The molecule has 0 aliphatic heterocycles. The van der Waals surface area contributed by atoms with E-state index in [0.717, 1.165) is 24.3 Å². The van der Waals surface area contributed by atoms with Crippen molar-refractivity contribution >= 4 is 56.6 Å². The zero-order chi connectivity index (χ0) is 21.1. The number of furan rings is 1. The molecule has 0 aliphatic carbocycles. The molecule has 30 heavy (non-hydrogen) atoms. The number of aryl methyl sites for hydroxylation is 2. The largest absolute Gasteiger partial charge is 0.494 e. The van der Waals surface area contributed by atoms with E-state index < -0.39 is 0 Å². The highest BCUT2D eigenvalue weighted by molar-refractivity contribution is 7.23. The first-order valence-electron chi connectivity index (χ1n) is 9.63. The molecule has 9 heteroatoms. The summed E-state index contributed by atoms with van der Waals surface area (Å²) >= 11 is 7.79. The zero-order valence-corrected chi connectivity index (χ0v) is 20.2. The molecule has 6 nitrogen and oxygen atoms in total. The third-order valence-electron chi connectivity index (χ3n) is 4.95. The predicted octanol–water partition coefficient (Wildman–Crippen LogP) is 5.58. The van der Waals surface area contributed by atoms with Crippen LogP contribution in [0.5, 0.6) is 5.75 Å². The van der Waals surface area contributed by atoms with Gasteiger partial charge in [0.15, 0.2) is 5.13 Å². The second kappa shape index (κ2) is 10.5. The van der Waals surface area contributed by atoms with E-state index in [9.17, 15) is 4.79 Å². The van der Waals surface area contributed by atoms with Gasteiger partial charge >= 0.3 is 0 Å². The van der Waals surface area contributed by atoms with E-state index in [1.165, 1.54) is 11.3 Å². The summed E-state index contributed by atoms with van der Waals surface area (Å²) in [6, 6.07) is 5.36. The number of aromatic nitrogens is 1. The highest BCUT2D eigenvalue weighted by Crippen LogP contribution is 2.39. The Morgan fingerprint density at radius 1 is 1.23 bits per heavy atom. The first-order valence-corrected chi connectivity index (χ1v) is 10.8. The van der Waals surface area contributed by atoms with Crippen LogP contribution in [0.4, 0.5) is 5.13 Å². The summed E-state index contributed by atoms with van der Waals surface area (Å²) in [5.74, 6) is 1.83. The van der Waals surface area contributed by atoms with Gasteiger partial charge in [-0.3, -0.25) is 9.69 Å². The number of thiazole rings is 1. The molecule has 2 aromatic heterocycles. The van der Waals surface area contributed by atoms with Gasteiger partial charge in [0.2, 0.25) is 0 Å². The number of methoxy groups -OCH3 is 1. The summed E-state index contributed by atoms with van der Waals surface area (Å²) in [5.41, 5.74) is 1.22. The van der Waals surface area contributed by atoms with Crippen LogP contribution in [0.25, 0.3) is 10.2 Å². The first-order chi connectivity index (χ1) is 13.9. The molecule has 1 amide bonds. The Balaban J connectivity index is 0.00000320. The van der Waals surface area contributed by atoms with Gasteiger partial charge in [-0.1, -0.05) is 36.8 Å². The molecule has 0 aliphatic rings. The van der Waals surface area contributed by atoms with Crippen LogP contribution in [0, 0.1) is 13.8 Å². The van der Waals surface area contributed by atoms with Gasteiger partial charge < -0.3 is 14.1 Å². The lowest BCUT2D eigenvalue weighted by Crippen LogP contribution is -2.39. The Bertz CT molecular complexity index is 1010. The number of halogens is 2. The van der Waals surface area contributed by atoms with Crippen molar-refractivity contribution in [3.63, 3.8) is 0 Å². The zero-order valence-electron chi connectivity index (χ0n) is 17.8. The second-order valence-corrected chi connectivity index (χ2v) is 8.12. The van der Waals surface area contributed by atoms with Gasteiger partial charge in [0, 0.05) is 13.1 Å². The minimum absolute atomic E-state index is 0. The number of rotatable bonds is 8. The maximum absolute atomic E-state index is 13.4. The van der Waals surface area contributed by atoms with Crippen molar-refractivity contribution in [1.29, 1.82) is 0 Å². The quantitative estimate of drug-likeness (QED) is 0.429. The fourth-order valence-electron chi connectivity index (χ4n) is 3.28. The lowest BCUT2D eigenvalue weighted by atomic mass is 10.2. The topological polar surface area (TPSA) is 58.8 Å². The number of benzene rings is 1. The Morgan fingerprint density at radius 3 is 2.50 bits per heavy atom. The minimum atomic E-state index is -0.124. The van der Waals surface area contributed by atoms with Crippen LogP contribution in [-0.4, -0.2) is 49.1 Å². The van der Waals surface area contributed by atoms with Crippen LogP contribution in [-0.2, 0) is 0 Å². The van der Waals surface area contributed by atoms with Crippen molar-refractivity contribution in [2.45, 2.75) is 27.7 Å². The minimum Gasteiger partial charge on any atom is -0.494 e. The Labute approximate surface area is 192 Å². The Kier molecular flexibility index (Phi) is 8.55. The first kappa shape index (κ1) is 24.5. The van der Waals surface area contributed by atoms with Crippen molar-refractivity contribution in [2.75, 3.05) is 38.2 Å². The molecule has 0 saturated heterocycles. The van der Waals surface area contributed by atoms with Crippen LogP contribution < -0.4 is 9.64 Å². The van der Waals surface area contributed by atoms with Crippen molar-refractivity contribution in [3.05, 3.63) is 40.3 Å². The van der Waals surface area contributed by atoms with Crippen molar-refractivity contribution < 1.29 is 13.9 Å². The number of carbonyl (C=O) groups is 1. The maximum Gasteiger partial charge on any atom is 0.263 e. The number of fused-ring (bicyclic) bond motifs is 1. The molecule has 164 valence electrons. The number of hydrogen-bond acceptors (Lipinski definition) is 6. The number of ether oxygens (including phenoxy) is 1. The molecule has 0 saturated carbocycles. The van der Waals surface area contributed by atoms with Crippen molar-refractivity contribution in [2.24, 2.45) is 0 Å². The smallest absolute Gasteiger partial charge is 0.263 e. The monoisotopic (exact) mass is 471 g/mol. The molecule has 0 fully saturated rings. The van der Waals surface area contributed by atoms with Gasteiger partial charge in [-0.15, -0.1) is 12.4 Å². The molecular weight excluding hydrogens is 445 g/mol. The van der Waals surface area contributed by atoms with Gasteiger partial charge in [0.25, 0.3) is 5.91 Å². The molecule has 2 heterocycles. The SMILES string of the molecule is CCN(CC)CCN(C(=O)c1cc(C)oc1C)c1nc2c(OC)ccc(Cl)c2s1.Cl. The van der Waals surface area contributed by atoms with E-state index >= 15 is 0 Å². The molecular formula is C21H27Cl2N3O3S. The van der Waals surface area contributed by atoms with Crippen LogP contribution in [0.1, 0.15) is 35.7 Å². The third kappa shape index (κ3) is 4.91. The molecule has 0 bridgehead atoms. The standard InChI is InChI=1S/C21H26ClN3O3S.ClH/c1-6-24(7-2)10-11-25(20(26)15-12-13(3)28-14(15)4)21-23-18-17(27-5)9-8-16(22)19(18)29-21;/h8-9,12H,6-7,10-11H2,1-5H3;1H. The molecule has 0 atom stereocenters. The summed E-state index contributed by atoms with van der Waals surface area (Å²) in [4.78, 5) is 22.1. The summed E-state index contributed by atoms with van der Waals surface area (Å²) < 4.78 is 11.8. The Morgan fingerprint density at radius 2 is 1.93 bits per heavy atom. The van der Waals surface area contributed by atoms with Crippen LogP contribution >= 0.6 is 35.3 Å². The predicted molar refractivity (Wildman–Crippen MR) is 126 cm³/mol. The van der Waals surface area contributed by atoms with Crippen LogP contribution in [0.15, 0.2) is 22.6 Å². The van der Waals surface area contributed by atoms with Gasteiger partial charge in [-0.25, -0.2) is 4.98 Å². The van der Waals surface area contributed by atoms with Gasteiger partial charge in [0.05, 0.1) is 22.4 Å². The van der Waals surface area contributed by atoms with E-state index in [4.69, 9.17) is 25.7 Å².